The quantitative estimate of drug-likeness (QED) is 0.774. The molecule has 6 heteroatoms. The second-order valence-corrected chi connectivity index (χ2v) is 5.57. The number of nitrogens with one attached hydrogen (secondary N) is 1. The number of benzene rings is 1. The molecule has 4 rings (SSSR count). The van der Waals surface area contributed by atoms with Gasteiger partial charge in [0.05, 0.1) is 25.4 Å². The molecule has 3 aromatic rings. The highest BCUT2D eigenvalue weighted by Gasteiger charge is 2.25. The Kier molecular flexibility index (Phi) is 3.31. The van der Waals surface area contributed by atoms with E-state index in [2.05, 4.69) is 15.4 Å². The minimum Gasteiger partial charge on any atom is -0.424 e. The monoisotopic (exact) mass is 298 g/mol. The van der Waals surface area contributed by atoms with E-state index >= 15 is 0 Å². The molecule has 0 saturated heterocycles. The first-order valence-electron chi connectivity index (χ1n) is 7.62. The number of nitrogens with zero attached hydrogens (tertiary/aromatic N) is 3. The van der Waals surface area contributed by atoms with E-state index in [1.807, 2.05) is 35.1 Å². The summed E-state index contributed by atoms with van der Waals surface area (Å²) in [6, 6.07) is 8.45. The van der Waals surface area contributed by atoms with E-state index in [-0.39, 0.29) is 12.6 Å². The molecule has 0 spiro atoms. The molecule has 0 bridgehead atoms. The Balaban J connectivity index is 1.61. The van der Waals surface area contributed by atoms with Gasteiger partial charge in [0.1, 0.15) is 5.52 Å². The number of rotatable bonds is 4. The number of hydrogen-bond acceptors (Lipinski definition) is 5. The maximum atomic E-state index is 9.12. The smallest absolute Gasteiger partial charge is 0.296 e. The zero-order valence-electron chi connectivity index (χ0n) is 12.2. The molecule has 0 radical (unpaired) electrons. The highest BCUT2D eigenvalue weighted by Crippen LogP contribution is 2.33. The highest BCUT2D eigenvalue weighted by atomic mass is 16.4. The van der Waals surface area contributed by atoms with Crippen molar-refractivity contribution in [2.75, 3.05) is 11.9 Å². The lowest BCUT2D eigenvalue weighted by Crippen LogP contribution is -2.19. The molecule has 1 aliphatic carbocycles. The normalized spacial score (nSPS) is 17.6. The summed E-state index contributed by atoms with van der Waals surface area (Å²) in [6.45, 7) is 0.655. The highest BCUT2D eigenvalue weighted by molar-refractivity contribution is 5.74. The second-order valence-electron chi connectivity index (χ2n) is 5.57. The average Bonchev–Trinajstić information content (AvgIpc) is 3.12. The van der Waals surface area contributed by atoms with Crippen molar-refractivity contribution >= 4 is 17.1 Å². The zero-order valence-corrected chi connectivity index (χ0v) is 12.2. The lowest BCUT2D eigenvalue weighted by Gasteiger charge is -2.23. The van der Waals surface area contributed by atoms with Crippen LogP contribution in [0.1, 0.15) is 30.1 Å². The van der Waals surface area contributed by atoms with Gasteiger partial charge in [0.15, 0.2) is 5.58 Å². The van der Waals surface area contributed by atoms with Crippen LogP contribution in [-0.4, -0.2) is 26.5 Å². The van der Waals surface area contributed by atoms with Gasteiger partial charge in [-0.05, 0) is 31.4 Å². The van der Waals surface area contributed by atoms with Crippen molar-refractivity contribution < 1.29 is 9.52 Å². The van der Waals surface area contributed by atoms with Gasteiger partial charge >= 0.3 is 0 Å². The summed E-state index contributed by atoms with van der Waals surface area (Å²) < 4.78 is 7.65. The van der Waals surface area contributed by atoms with Crippen molar-refractivity contribution in [1.29, 1.82) is 0 Å². The molecular formula is C16H18N4O2. The third-order valence-electron chi connectivity index (χ3n) is 4.17. The fraction of sp³-hybridized carbons (Fsp3) is 0.375. The van der Waals surface area contributed by atoms with Crippen molar-refractivity contribution in [2.24, 2.45) is 0 Å². The summed E-state index contributed by atoms with van der Waals surface area (Å²) >= 11 is 0. The number of anilines is 1. The number of aliphatic hydroxyl groups is 1. The Bertz CT molecular complexity index is 759. The van der Waals surface area contributed by atoms with E-state index in [0.717, 1.165) is 30.4 Å². The first-order valence-corrected chi connectivity index (χ1v) is 7.62. The van der Waals surface area contributed by atoms with Crippen LogP contribution in [0.3, 0.4) is 0 Å². The van der Waals surface area contributed by atoms with E-state index in [9.17, 15) is 0 Å². The van der Waals surface area contributed by atoms with E-state index in [4.69, 9.17) is 9.52 Å². The van der Waals surface area contributed by atoms with Gasteiger partial charge in [-0.1, -0.05) is 12.1 Å². The summed E-state index contributed by atoms with van der Waals surface area (Å²) in [4.78, 5) is 4.48. The van der Waals surface area contributed by atoms with Gasteiger partial charge in [-0.25, -0.2) is 0 Å². The van der Waals surface area contributed by atoms with Crippen LogP contribution in [0.5, 0.6) is 0 Å². The summed E-state index contributed by atoms with van der Waals surface area (Å²) in [5.41, 5.74) is 4.03. The predicted molar refractivity (Wildman–Crippen MR) is 82.6 cm³/mol. The molecular weight excluding hydrogens is 280 g/mol. The van der Waals surface area contributed by atoms with Gasteiger partial charge in [-0.2, -0.15) is 10.1 Å². The molecule has 0 unspecified atom stereocenters. The molecule has 0 amide bonds. The van der Waals surface area contributed by atoms with Gasteiger partial charge in [-0.15, -0.1) is 0 Å². The Morgan fingerprint density at radius 2 is 2.27 bits per heavy atom. The van der Waals surface area contributed by atoms with Crippen molar-refractivity contribution in [3.63, 3.8) is 0 Å². The van der Waals surface area contributed by atoms with Crippen LogP contribution in [0.2, 0.25) is 0 Å². The molecule has 1 atom stereocenters. The lowest BCUT2D eigenvalue weighted by molar-refractivity contribution is 0.266. The number of fused-ring (bicyclic) bond motifs is 2. The van der Waals surface area contributed by atoms with Gasteiger partial charge in [0.25, 0.3) is 6.01 Å². The maximum Gasteiger partial charge on any atom is 0.296 e. The predicted octanol–water partition coefficient (Wildman–Crippen LogP) is 2.51. The summed E-state index contributed by atoms with van der Waals surface area (Å²) in [5, 5.41) is 16.9. The number of para-hydroxylation sites is 2. The number of oxazole rings is 1. The lowest BCUT2D eigenvalue weighted by atomic mass is 9.93. The second kappa shape index (κ2) is 5.46. The summed E-state index contributed by atoms with van der Waals surface area (Å²) in [6.07, 6.45) is 5.00. The molecule has 0 saturated carbocycles. The van der Waals surface area contributed by atoms with Gasteiger partial charge in [-0.3, -0.25) is 4.68 Å². The molecule has 1 aromatic carbocycles. The largest absolute Gasteiger partial charge is 0.424 e. The molecule has 6 nitrogen and oxygen atoms in total. The van der Waals surface area contributed by atoms with Gasteiger partial charge in [0.2, 0.25) is 0 Å². The Morgan fingerprint density at radius 3 is 3.14 bits per heavy atom. The van der Waals surface area contributed by atoms with Crippen molar-refractivity contribution in [3.05, 3.63) is 41.7 Å². The minimum atomic E-state index is 0.108. The van der Waals surface area contributed by atoms with Crippen LogP contribution >= 0.6 is 0 Å². The van der Waals surface area contributed by atoms with Crippen LogP contribution in [0.4, 0.5) is 6.01 Å². The molecule has 2 heterocycles. The molecule has 0 fully saturated rings. The Morgan fingerprint density at radius 1 is 1.36 bits per heavy atom. The third kappa shape index (κ3) is 2.25. The van der Waals surface area contributed by atoms with E-state index < -0.39 is 0 Å². The average molecular weight is 298 g/mol. The molecule has 22 heavy (non-hydrogen) atoms. The fourth-order valence-electron chi connectivity index (χ4n) is 3.14. The number of aliphatic hydroxyl groups excluding tert-OH is 1. The topological polar surface area (TPSA) is 76.1 Å². The van der Waals surface area contributed by atoms with Gasteiger partial charge in [0, 0.05) is 11.3 Å². The van der Waals surface area contributed by atoms with Crippen molar-refractivity contribution in [3.8, 4) is 0 Å². The molecule has 0 aliphatic heterocycles. The molecule has 2 aromatic heterocycles. The molecule has 114 valence electrons. The maximum absolute atomic E-state index is 9.12. The first kappa shape index (κ1) is 13.3. The summed E-state index contributed by atoms with van der Waals surface area (Å²) in [7, 11) is 0. The van der Waals surface area contributed by atoms with Crippen LogP contribution < -0.4 is 5.32 Å². The van der Waals surface area contributed by atoms with Crippen molar-refractivity contribution in [2.45, 2.75) is 31.8 Å². The van der Waals surface area contributed by atoms with E-state index in [1.165, 1.54) is 11.3 Å². The summed E-state index contributed by atoms with van der Waals surface area (Å²) in [5.74, 6) is 0. The van der Waals surface area contributed by atoms with Crippen molar-refractivity contribution in [1.82, 2.24) is 14.8 Å². The minimum absolute atomic E-state index is 0.108. The molecule has 1 aliphatic rings. The SMILES string of the molecule is OCCn1ncc2c1CCC[C@@H]2Nc1nc2ccccc2o1. The van der Waals surface area contributed by atoms with Crippen LogP contribution in [0, 0.1) is 0 Å². The number of aromatic nitrogens is 3. The standard InChI is InChI=1S/C16H18N4O2/c21-9-8-20-14-6-3-5-12(11(14)10-17-20)18-16-19-13-4-1-2-7-15(13)22-16/h1-2,4,7,10,12,21H,3,5-6,8-9H2,(H,18,19)/t12-/m0/s1. The van der Waals surface area contributed by atoms with E-state index in [0.29, 0.717) is 12.6 Å². The Labute approximate surface area is 127 Å². The van der Waals surface area contributed by atoms with E-state index in [1.54, 1.807) is 0 Å². The van der Waals surface area contributed by atoms with Crippen LogP contribution in [0.25, 0.3) is 11.1 Å². The first-order chi connectivity index (χ1) is 10.8. The number of hydrogen-bond donors (Lipinski definition) is 2. The third-order valence-corrected chi connectivity index (χ3v) is 4.17. The fourth-order valence-corrected chi connectivity index (χ4v) is 3.14. The van der Waals surface area contributed by atoms with Crippen LogP contribution in [-0.2, 0) is 13.0 Å². The Hall–Kier alpha value is -2.34. The zero-order chi connectivity index (χ0) is 14.9. The van der Waals surface area contributed by atoms with Crippen LogP contribution in [0.15, 0.2) is 34.9 Å². The van der Waals surface area contributed by atoms with Gasteiger partial charge < -0.3 is 14.8 Å². The molecule has 2 N–H and O–H groups in total.